The van der Waals surface area contributed by atoms with Crippen LogP contribution in [0.1, 0.15) is 23.7 Å². The quantitative estimate of drug-likeness (QED) is 0.777. The number of aromatic carboxylic acids is 1. The second-order valence-electron chi connectivity index (χ2n) is 3.54. The third kappa shape index (κ3) is 4.24. The first-order chi connectivity index (χ1) is 7.63. The van der Waals surface area contributed by atoms with E-state index in [0.29, 0.717) is 10.8 Å². The molecule has 0 bridgehead atoms. The highest BCUT2D eigenvalue weighted by molar-refractivity contribution is 7.99. The van der Waals surface area contributed by atoms with Gasteiger partial charge in [0.25, 0.3) is 0 Å². The van der Waals surface area contributed by atoms with Gasteiger partial charge in [0.05, 0.1) is 5.56 Å². The fraction of sp³-hybridized carbons (Fsp3) is 0.417. The summed E-state index contributed by atoms with van der Waals surface area (Å²) in [5.41, 5.74) is 0.337. The number of rotatable bonds is 6. The summed E-state index contributed by atoms with van der Waals surface area (Å²) in [7, 11) is 1.68. The standard InChI is InChI=1S/C12H16O3S/c1-9(6-7-15-2)16-11-5-3-4-10(8-11)12(13)14/h3-5,8-9H,6-7H2,1-2H3,(H,13,14). The van der Waals surface area contributed by atoms with E-state index in [2.05, 4.69) is 6.92 Å². The molecule has 3 nitrogen and oxygen atoms in total. The highest BCUT2D eigenvalue weighted by Crippen LogP contribution is 2.25. The van der Waals surface area contributed by atoms with E-state index in [1.54, 1.807) is 37.1 Å². The van der Waals surface area contributed by atoms with Gasteiger partial charge < -0.3 is 9.84 Å². The van der Waals surface area contributed by atoms with Gasteiger partial charge in [-0.1, -0.05) is 13.0 Å². The Morgan fingerprint density at radius 2 is 2.31 bits per heavy atom. The van der Waals surface area contributed by atoms with Gasteiger partial charge >= 0.3 is 5.97 Å². The lowest BCUT2D eigenvalue weighted by Gasteiger charge is -2.10. The van der Waals surface area contributed by atoms with Gasteiger partial charge in [-0.3, -0.25) is 0 Å². The zero-order chi connectivity index (χ0) is 12.0. The lowest BCUT2D eigenvalue weighted by molar-refractivity contribution is 0.0696. The molecular weight excluding hydrogens is 224 g/mol. The normalized spacial score (nSPS) is 12.4. The van der Waals surface area contributed by atoms with Crippen LogP contribution in [0, 0.1) is 0 Å². The van der Waals surface area contributed by atoms with E-state index in [9.17, 15) is 4.79 Å². The number of hydrogen-bond acceptors (Lipinski definition) is 3. The molecule has 4 heteroatoms. The number of hydrogen-bond donors (Lipinski definition) is 1. The molecule has 0 spiro atoms. The molecule has 1 aromatic rings. The van der Waals surface area contributed by atoms with Crippen LogP contribution in [0.5, 0.6) is 0 Å². The maximum Gasteiger partial charge on any atom is 0.335 e. The number of ether oxygens (including phenoxy) is 1. The molecular formula is C12H16O3S. The van der Waals surface area contributed by atoms with Crippen LogP contribution in [0.4, 0.5) is 0 Å². The molecule has 1 aromatic carbocycles. The van der Waals surface area contributed by atoms with Gasteiger partial charge in [0.15, 0.2) is 0 Å². The van der Waals surface area contributed by atoms with E-state index in [4.69, 9.17) is 9.84 Å². The lowest BCUT2D eigenvalue weighted by Crippen LogP contribution is -2.02. The van der Waals surface area contributed by atoms with Crippen molar-refractivity contribution in [1.82, 2.24) is 0 Å². The van der Waals surface area contributed by atoms with Gasteiger partial charge in [-0.05, 0) is 24.6 Å². The van der Waals surface area contributed by atoms with Crippen LogP contribution in [0.25, 0.3) is 0 Å². The van der Waals surface area contributed by atoms with E-state index in [1.807, 2.05) is 6.07 Å². The number of benzene rings is 1. The Bertz CT molecular complexity index is 352. The SMILES string of the molecule is COCCC(C)Sc1cccc(C(=O)O)c1. The number of methoxy groups -OCH3 is 1. The lowest BCUT2D eigenvalue weighted by atomic mass is 10.2. The van der Waals surface area contributed by atoms with Gasteiger partial charge in [-0.2, -0.15) is 0 Å². The van der Waals surface area contributed by atoms with E-state index in [0.717, 1.165) is 17.9 Å². The first kappa shape index (κ1) is 13.1. The monoisotopic (exact) mass is 240 g/mol. The van der Waals surface area contributed by atoms with Crippen molar-refractivity contribution < 1.29 is 14.6 Å². The summed E-state index contributed by atoms with van der Waals surface area (Å²) in [6.07, 6.45) is 0.957. The fourth-order valence-electron chi connectivity index (χ4n) is 1.28. The molecule has 1 N–H and O–H groups in total. The number of carboxylic acids is 1. The van der Waals surface area contributed by atoms with Crippen molar-refractivity contribution in [3.63, 3.8) is 0 Å². The van der Waals surface area contributed by atoms with E-state index in [-0.39, 0.29) is 0 Å². The topological polar surface area (TPSA) is 46.5 Å². The zero-order valence-electron chi connectivity index (χ0n) is 9.47. The molecule has 0 heterocycles. The van der Waals surface area contributed by atoms with Gasteiger partial charge in [0.1, 0.15) is 0 Å². The molecule has 0 saturated heterocycles. The molecule has 1 atom stereocenters. The molecule has 0 amide bonds. The van der Waals surface area contributed by atoms with Crippen molar-refractivity contribution in [1.29, 1.82) is 0 Å². The van der Waals surface area contributed by atoms with Crippen molar-refractivity contribution in [2.45, 2.75) is 23.5 Å². The smallest absolute Gasteiger partial charge is 0.335 e. The van der Waals surface area contributed by atoms with Crippen LogP contribution >= 0.6 is 11.8 Å². The number of carbonyl (C=O) groups is 1. The van der Waals surface area contributed by atoms with Crippen molar-refractivity contribution in [2.75, 3.05) is 13.7 Å². The summed E-state index contributed by atoms with van der Waals surface area (Å²) in [5, 5.41) is 9.28. The predicted octanol–water partition coefficient (Wildman–Crippen LogP) is 2.90. The van der Waals surface area contributed by atoms with Gasteiger partial charge in [0, 0.05) is 23.9 Å². The van der Waals surface area contributed by atoms with Gasteiger partial charge in [0.2, 0.25) is 0 Å². The molecule has 1 rings (SSSR count). The van der Waals surface area contributed by atoms with E-state index in [1.165, 1.54) is 0 Å². The van der Waals surface area contributed by atoms with Gasteiger partial charge in [-0.25, -0.2) is 4.79 Å². The Morgan fingerprint density at radius 3 is 2.94 bits per heavy atom. The van der Waals surface area contributed by atoms with E-state index >= 15 is 0 Å². The highest BCUT2D eigenvalue weighted by Gasteiger charge is 2.07. The van der Waals surface area contributed by atoms with Crippen LogP contribution in [0.3, 0.4) is 0 Å². The summed E-state index contributed by atoms with van der Waals surface area (Å²) in [6, 6.07) is 7.01. The molecule has 0 fully saturated rings. The maximum absolute atomic E-state index is 10.8. The molecule has 0 aliphatic carbocycles. The summed E-state index contributed by atoms with van der Waals surface area (Å²) in [4.78, 5) is 11.8. The van der Waals surface area contributed by atoms with E-state index < -0.39 is 5.97 Å². The Hall–Kier alpha value is -1.00. The molecule has 88 valence electrons. The molecule has 16 heavy (non-hydrogen) atoms. The van der Waals surface area contributed by atoms with Crippen molar-refractivity contribution >= 4 is 17.7 Å². The minimum atomic E-state index is -0.882. The van der Waals surface area contributed by atoms with Crippen LogP contribution in [0.15, 0.2) is 29.2 Å². The molecule has 0 aliphatic heterocycles. The fourth-order valence-corrected chi connectivity index (χ4v) is 2.31. The van der Waals surface area contributed by atoms with Crippen molar-refractivity contribution in [3.05, 3.63) is 29.8 Å². The van der Waals surface area contributed by atoms with Gasteiger partial charge in [-0.15, -0.1) is 11.8 Å². The Labute approximate surface area is 99.8 Å². The van der Waals surface area contributed by atoms with Crippen LogP contribution in [-0.4, -0.2) is 30.0 Å². The third-order valence-corrected chi connectivity index (χ3v) is 3.31. The molecule has 0 saturated carbocycles. The Kier molecular flexibility index (Phi) is 5.35. The van der Waals surface area contributed by atoms with Crippen molar-refractivity contribution in [2.24, 2.45) is 0 Å². The van der Waals surface area contributed by atoms with Crippen LogP contribution in [-0.2, 0) is 4.74 Å². The summed E-state index contributed by atoms with van der Waals surface area (Å²) >= 11 is 1.67. The minimum absolute atomic E-state index is 0.337. The average Bonchev–Trinajstić information content (AvgIpc) is 2.26. The number of thioether (sulfide) groups is 1. The van der Waals surface area contributed by atoms with Crippen LogP contribution < -0.4 is 0 Å². The first-order valence-electron chi connectivity index (χ1n) is 5.12. The Morgan fingerprint density at radius 1 is 1.56 bits per heavy atom. The molecule has 0 aliphatic rings. The largest absolute Gasteiger partial charge is 0.478 e. The maximum atomic E-state index is 10.8. The summed E-state index contributed by atoms with van der Waals surface area (Å²) in [6.45, 7) is 2.84. The molecule has 0 aromatic heterocycles. The van der Waals surface area contributed by atoms with Crippen molar-refractivity contribution in [3.8, 4) is 0 Å². The second kappa shape index (κ2) is 6.55. The highest BCUT2D eigenvalue weighted by atomic mass is 32.2. The molecule has 0 radical (unpaired) electrons. The third-order valence-electron chi connectivity index (χ3n) is 2.15. The zero-order valence-corrected chi connectivity index (χ0v) is 10.3. The average molecular weight is 240 g/mol. The second-order valence-corrected chi connectivity index (χ2v) is 5.05. The minimum Gasteiger partial charge on any atom is -0.478 e. The Balaban J connectivity index is 2.59. The molecule has 1 unspecified atom stereocenters. The summed E-state index contributed by atoms with van der Waals surface area (Å²) < 4.78 is 5.00. The van der Waals surface area contributed by atoms with Crippen LogP contribution in [0.2, 0.25) is 0 Å². The first-order valence-corrected chi connectivity index (χ1v) is 6.00. The number of carboxylic acid groups (broad SMARTS) is 1. The predicted molar refractivity (Wildman–Crippen MR) is 65.2 cm³/mol. The summed E-state index contributed by atoms with van der Waals surface area (Å²) in [5.74, 6) is -0.882.